The standard InChI is InChI=1S/C11H10N2O2/c1-7-5-12-3-2-9(7)8-4-10(11(14)15)13-6-8/h2-6,13H,1H3,(H,14,15). The van der Waals surface area contributed by atoms with Crippen LogP contribution in [0, 0.1) is 6.92 Å². The largest absolute Gasteiger partial charge is 0.477 e. The van der Waals surface area contributed by atoms with E-state index in [1.807, 2.05) is 13.0 Å². The van der Waals surface area contributed by atoms with Crippen LogP contribution in [0.4, 0.5) is 0 Å². The first-order valence-electron chi connectivity index (χ1n) is 4.51. The highest BCUT2D eigenvalue weighted by molar-refractivity contribution is 5.87. The van der Waals surface area contributed by atoms with E-state index in [2.05, 4.69) is 9.97 Å². The molecule has 4 heteroatoms. The summed E-state index contributed by atoms with van der Waals surface area (Å²) in [6.45, 7) is 1.94. The maximum atomic E-state index is 10.7. The number of rotatable bonds is 2. The normalized spacial score (nSPS) is 10.2. The minimum absolute atomic E-state index is 0.196. The maximum absolute atomic E-state index is 10.7. The molecule has 0 atom stereocenters. The van der Waals surface area contributed by atoms with E-state index in [9.17, 15) is 4.79 Å². The smallest absolute Gasteiger partial charge is 0.352 e. The Morgan fingerprint density at radius 1 is 1.53 bits per heavy atom. The van der Waals surface area contributed by atoms with Gasteiger partial charge in [0.05, 0.1) is 0 Å². The Hall–Kier alpha value is -2.10. The number of nitrogens with one attached hydrogen (secondary N) is 1. The molecule has 0 aliphatic heterocycles. The van der Waals surface area contributed by atoms with Crippen LogP contribution in [0.5, 0.6) is 0 Å². The molecule has 2 rings (SSSR count). The molecule has 0 spiro atoms. The number of H-pyrrole nitrogens is 1. The Labute approximate surface area is 86.6 Å². The molecule has 2 aromatic rings. The van der Waals surface area contributed by atoms with Crippen molar-refractivity contribution in [2.75, 3.05) is 0 Å². The number of carbonyl (C=O) groups is 1. The van der Waals surface area contributed by atoms with Gasteiger partial charge in [0, 0.05) is 24.2 Å². The lowest BCUT2D eigenvalue weighted by Gasteiger charge is -2.00. The van der Waals surface area contributed by atoms with E-state index in [4.69, 9.17) is 5.11 Å². The number of aromatic carboxylic acids is 1. The van der Waals surface area contributed by atoms with E-state index >= 15 is 0 Å². The summed E-state index contributed by atoms with van der Waals surface area (Å²) >= 11 is 0. The van der Waals surface area contributed by atoms with E-state index in [-0.39, 0.29) is 5.69 Å². The molecule has 2 aromatic heterocycles. The summed E-state index contributed by atoms with van der Waals surface area (Å²) < 4.78 is 0. The Kier molecular flexibility index (Phi) is 2.25. The maximum Gasteiger partial charge on any atom is 0.352 e. The molecule has 15 heavy (non-hydrogen) atoms. The fourth-order valence-electron chi connectivity index (χ4n) is 1.47. The summed E-state index contributed by atoms with van der Waals surface area (Å²) in [5.41, 5.74) is 3.08. The van der Waals surface area contributed by atoms with Crippen LogP contribution in [0.2, 0.25) is 0 Å². The van der Waals surface area contributed by atoms with Gasteiger partial charge in [-0.25, -0.2) is 4.79 Å². The summed E-state index contributed by atoms with van der Waals surface area (Å²) in [6.07, 6.45) is 5.13. The van der Waals surface area contributed by atoms with Crippen molar-refractivity contribution in [2.24, 2.45) is 0 Å². The topological polar surface area (TPSA) is 66.0 Å². The molecule has 0 saturated carbocycles. The predicted molar refractivity (Wildman–Crippen MR) is 55.7 cm³/mol. The third-order valence-corrected chi connectivity index (χ3v) is 2.24. The van der Waals surface area contributed by atoms with E-state index in [1.165, 1.54) is 0 Å². The molecular formula is C11H10N2O2. The summed E-state index contributed by atoms with van der Waals surface area (Å²) in [5, 5.41) is 8.77. The zero-order valence-electron chi connectivity index (χ0n) is 8.19. The van der Waals surface area contributed by atoms with Gasteiger partial charge in [-0.1, -0.05) is 0 Å². The highest BCUT2D eigenvalue weighted by atomic mass is 16.4. The van der Waals surface area contributed by atoms with Crippen molar-refractivity contribution in [3.05, 3.63) is 42.0 Å². The molecule has 0 aromatic carbocycles. The van der Waals surface area contributed by atoms with Crippen molar-refractivity contribution in [3.8, 4) is 11.1 Å². The molecule has 0 aliphatic carbocycles. The van der Waals surface area contributed by atoms with E-state index in [0.717, 1.165) is 16.7 Å². The van der Waals surface area contributed by atoms with Crippen LogP contribution in [0.3, 0.4) is 0 Å². The second-order valence-corrected chi connectivity index (χ2v) is 3.30. The van der Waals surface area contributed by atoms with Crippen LogP contribution in [0.1, 0.15) is 16.1 Å². The number of carboxylic acid groups (broad SMARTS) is 1. The zero-order chi connectivity index (χ0) is 10.8. The monoisotopic (exact) mass is 202 g/mol. The number of aryl methyl sites for hydroxylation is 1. The lowest BCUT2D eigenvalue weighted by atomic mass is 10.1. The van der Waals surface area contributed by atoms with Crippen LogP contribution in [-0.4, -0.2) is 21.0 Å². The second kappa shape index (κ2) is 3.57. The molecule has 76 valence electrons. The van der Waals surface area contributed by atoms with Crippen molar-refractivity contribution in [1.82, 2.24) is 9.97 Å². The minimum Gasteiger partial charge on any atom is -0.477 e. The van der Waals surface area contributed by atoms with Crippen LogP contribution >= 0.6 is 0 Å². The summed E-state index contributed by atoms with van der Waals surface area (Å²) in [4.78, 5) is 17.4. The molecule has 0 radical (unpaired) electrons. The number of nitrogens with zero attached hydrogens (tertiary/aromatic N) is 1. The Morgan fingerprint density at radius 2 is 2.33 bits per heavy atom. The SMILES string of the molecule is Cc1cnccc1-c1c[nH]c(C(=O)O)c1. The molecular weight excluding hydrogens is 192 g/mol. The number of carboxylic acids is 1. The molecule has 0 fully saturated rings. The average Bonchev–Trinajstić information content (AvgIpc) is 2.67. The van der Waals surface area contributed by atoms with E-state index < -0.39 is 5.97 Å². The van der Waals surface area contributed by atoms with Gasteiger partial charge in [-0.15, -0.1) is 0 Å². The third-order valence-electron chi connectivity index (χ3n) is 2.24. The minimum atomic E-state index is -0.951. The second-order valence-electron chi connectivity index (χ2n) is 3.30. The van der Waals surface area contributed by atoms with Gasteiger partial charge in [0.25, 0.3) is 0 Å². The van der Waals surface area contributed by atoms with Crippen LogP contribution < -0.4 is 0 Å². The fourth-order valence-corrected chi connectivity index (χ4v) is 1.47. The van der Waals surface area contributed by atoms with E-state index in [1.54, 1.807) is 24.7 Å². The number of hydrogen-bond acceptors (Lipinski definition) is 2. The Bertz CT molecular complexity index is 503. The van der Waals surface area contributed by atoms with Gasteiger partial charge >= 0.3 is 5.97 Å². The van der Waals surface area contributed by atoms with Crippen LogP contribution in [0.25, 0.3) is 11.1 Å². The van der Waals surface area contributed by atoms with Crippen molar-refractivity contribution < 1.29 is 9.90 Å². The lowest BCUT2D eigenvalue weighted by Crippen LogP contribution is -1.94. The molecule has 2 N–H and O–H groups in total. The third kappa shape index (κ3) is 1.74. The first-order valence-corrected chi connectivity index (χ1v) is 4.51. The van der Waals surface area contributed by atoms with Crippen molar-refractivity contribution in [1.29, 1.82) is 0 Å². The summed E-state index contributed by atoms with van der Waals surface area (Å²) in [6, 6.07) is 3.48. The number of pyridine rings is 1. The molecule has 4 nitrogen and oxygen atoms in total. The number of hydrogen-bond donors (Lipinski definition) is 2. The van der Waals surface area contributed by atoms with Gasteiger partial charge in [0.2, 0.25) is 0 Å². The Morgan fingerprint density at radius 3 is 2.93 bits per heavy atom. The summed E-state index contributed by atoms with van der Waals surface area (Å²) in [5.74, 6) is -0.951. The molecule has 2 heterocycles. The van der Waals surface area contributed by atoms with Crippen LogP contribution in [0.15, 0.2) is 30.7 Å². The molecule has 0 amide bonds. The van der Waals surface area contributed by atoms with E-state index in [0.29, 0.717) is 0 Å². The molecule has 0 saturated heterocycles. The van der Waals surface area contributed by atoms with Crippen molar-refractivity contribution in [3.63, 3.8) is 0 Å². The van der Waals surface area contributed by atoms with Crippen LogP contribution in [-0.2, 0) is 0 Å². The van der Waals surface area contributed by atoms with Crippen molar-refractivity contribution >= 4 is 5.97 Å². The highest BCUT2D eigenvalue weighted by Gasteiger charge is 2.08. The quantitative estimate of drug-likeness (QED) is 0.783. The fraction of sp³-hybridized carbons (Fsp3) is 0.0909. The van der Waals surface area contributed by atoms with Gasteiger partial charge in [0.15, 0.2) is 0 Å². The average molecular weight is 202 g/mol. The van der Waals surface area contributed by atoms with Gasteiger partial charge in [-0.3, -0.25) is 4.98 Å². The van der Waals surface area contributed by atoms with Gasteiger partial charge < -0.3 is 10.1 Å². The molecule has 0 unspecified atom stereocenters. The lowest BCUT2D eigenvalue weighted by molar-refractivity contribution is 0.0691. The number of aromatic nitrogens is 2. The Balaban J connectivity index is 2.46. The van der Waals surface area contributed by atoms with Crippen molar-refractivity contribution in [2.45, 2.75) is 6.92 Å². The first kappa shape index (κ1) is 9.45. The highest BCUT2D eigenvalue weighted by Crippen LogP contribution is 2.22. The van der Waals surface area contributed by atoms with Gasteiger partial charge in [-0.2, -0.15) is 0 Å². The van der Waals surface area contributed by atoms with Gasteiger partial charge in [-0.05, 0) is 30.2 Å². The molecule has 0 bridgehead atoms. The first-order chi connectivity index (χ1) is 7.18. The summed E-state index contributed by atoms with van der Waals surface area (Å²) in [7, 11) is 0. The van der Waals surface area contributed by atoms with Gasteiger partial charge in [0.1, 0.15) is 5.69 Å². The number of aromatic amines is 1. The zero-order valence-corrected chi connectivity index (χ0v) is 8.19. The predicted octanol–water partition coefficient (Wildman–Crippen LogP) is 2.08. The molecule has 0 aliphatic rings.